The van der Waals surface area contributed by atoms with Crippen LogP contribution in [-0.4, -0.2) is 47.9 Å². The normalized spacial score (nSPS) is 17.9. The monoisotopic (exact) mass is 524 g/mol. The lowest BCUT2D eigenvalue weighted by Crippen LogP contribution is -2.37. The third kappa shape index (κ3) is 5.50. The number of pyridine rings is 1. The molecule has 0 aliphatic carbocycles. The molecule has 1 aromatic heterocycles. The Kier molecular flexibility index (Phi) is 8.01. The van der Waals surface area contributed by atoms with Gasteiger partial charge in [0.05, 0.1) is 24.9 Å². The second-order valence-electron chi connectivity index (χ2n) is 9.67. The highest BCUT2D eigenvalue weighted by molar-refractivity contribution is 5.96. The van der Waals surface area contributed by atoms with Crippen molar-refractivity contribution >= 4 is 5.78 Å². The van der Waals surface area contributed by atoms with Gasteiger partial charge in [0.15, 0.2) is 23.0 Å². The van der Waals surface area contributed by atoms with Gasteiger partial charge in [-0.05, 0) is 68.3 Å². The summed E-state index contributed by atoms with van der Waals surface area (Å²) in [5, 5.41) is 20.5. The molecule has 0 saturated heterocycles. The molecule has 4 rings (SSSR count). The highest BCUT2D eigenvalue weighted by Gasteiger charge is 2.40. The topological polar surface area (TPSA) is 124 Å². The first-order chi connectivity index (χ1) is 18.1. The summed E-state index contributed by atoms with van der Waals surface area (Å²) in [5.41, 5.74) is 6.98. The minimum atomic E-state index is -1.47. The van der Waals surface area contributed by atoms with E-state index in [0.717, 1.165) is 5.56 Å². The molecule has 202 valence electrons. The summed E-state index contributed by atoms with van der Waals surface area (Å²) in [6.45, 7) is 3.79. The van der Waals surface area contributed by atoms with Gasteiger partial charge in [-0.25, -0.2) is 9.37 Å². The van der Waals surface area contributed by atoms with Crippen molar-refractivity contribution in [1.82, 2.24) is 4.98 Å². The summed E-state index contributed by atoms with van der Waals surface area (Å²) in [4.78, 5) is 17.7. The molecule has 38 heavy (non-hydrogen) atoms. The zero-order valence-corrected chi connectivity index (χ0v) is 21.8. The first-order valence-corrected chi connectivity index (χ1v) is 12.5. The summed E-state index contributed by atoms with van der Waals surface area (Å²) < 4.78 is 30.3. The fourth-order valence-electron chi connectivity index (χ4n) is 4.45. The molecule has 0 radical (unpaired) electrons. The van der Waals surface area contributed by atoms with Crippen molar-refractivity contribution in [2.45, 2.75) is 44.2 Å². The first kappa shape index (κ1) is 27.5. The number of methoxy groups -OCH3 is 1. The molecule has 2 atom stereocenters. The molecule has 9 heteroatoms. The number of aliphatic hydroxyl groups is 2. The fraction of sp³-hybridized carbons (Fsp3) is 0.379. The number of halogens is 1. The van der Waals surface area contributed by atoms with Crippen LogP contribution in [0.1, 0.15) is 54.7 Å². The Morgan fingerprint density at radius 1 is 1.21 bits per heavy atom. The number of benzene rings is 2. The Balaban J connectivity index is 1.62. The highest BCUT2D eigenvalue weighted by Crippen LogP contribution is 2.45. The lowest BCUT2D eigenvalue weighted by atomic mass is 9.86. The van der Waals surface area contributed by atoms with Crippen molar-refractivity contribution in [3.8, 4) is 28.5 Å². The Morgan fingerprint density at radius 2 is 1.95 bits per heavy atom. The number of rotatable bonds is 11. The van der Waals surface area contributed by atoms with Crippen LogP contribution in [0.5, 0.6) is 17.2 Å². The molecule has 3 aromatic rings. The molecule has 2 heterocycles. The standard InChI is InChI=1S/C29H33FN2O6/c1-4-29(31)17-38-27-21(29)16-25(32-26(27)18-5-8-20(30)9-6-18)28(2,35)12-11-22(34)19-7-10-23(37-14-13-33)24(15-19)36-3/h5-10,15-16,33,35H,4,11-14,17,31H2,1-3H3. The first-order valence-electron chi connectivity index (χ1n) is 12.5. The minimum Gasteiger partial charge on any atom is -0.493 e. The lowest BCUT2D eigenvalue weighted by Gasteiger charge is -2.26. The summed E-state index contributed by atoms with van der Waals surface area (Å²) in [7, 11) is 1.47. The van der Waals surface area contributed by atoms with Gasteiger partial charge in [-0.1, -0.05) is 6.92 Å². The van der Waals surface area contributed by atoms with Gasteiger partial charge in [0.25, 0.3) is 0 Å². The predicted octanol–water partition coefficient (Wildman–Crippen LogP) is 4.09. The molecular formula is C29H33FN2O6. The van der Waals surface area contributed by atoms with E-state index >= 15 is 0 Å². The molecule has 8 nitrogen and oxygen atoms in total. The Hall–Kier alpha value is -3.53. The van der Waals surface area contributed by atoms with Crippen molar-refractivity contribution in [2.75, 3.05) is 26.9 Å². The number of hydrogen-bond donors (Lipinski definition) is 3. The second kappa shape index (κ2) is 11.1. The van der Waals surface area contributed by atoms with Gasteiger partial charge in [-0.2, -0.15) is 0 Å². The molecule has 2 aromatic carbocycles. The highest BCUT2D eigenvalue weighted by atomic mass is 19.1. The quantitative estimate of drug-likeness (QED) is 0.321. The number of aliphatic hydroxyl groups excluding tert-OH is 1. The summed E-state index contributed by atoms with van der Waals surface area (Å²) in [6.07, 6.45) is 0.735. The number of hydrogen-bond acceptors (Lipinski definition) is 8. The molecule has 1 aliphatic heterocycles. The van der Waals surface area contributed by atoms with Crippen LogP contribution in [0.3, 0.4) is 0 Å². The molecule has 0 bridgehead atoms. The van der Waals surface area contributed by atoms with Gasteiger partial charge < -0.3 is 30.2 Å². The van der Waals surface area contributed by atoms with Crippen LogP contribution in [0.15, 0.2) is 48.5 Å². The maximum atomic E-state index is 13.6. The van der Waals surface area contributed by atoms with Gasteiger partial charge in [0.2, 0.25) is 0 Å². The average molecular weight is 525 g/mol. The maximum absolute atomic E-state index is 13.6. The number of aromatic nitrogens is 1. The van der Waals surface area contributed by atoms with Crippen LogP contribution in [0.4, 0.5) is 4.39 Å². The molecule has 0 fully saturated rings. The van der Waals surface area contributed by atoms with Crippen LogP contribution < -0.4 is 19.9 Å². The van der Waals surface area contributed by atoms with E-state index in [1.54, 1.807) is 43.3 Å². The number of fused-ring (bicyclic) bond motifs is 1. The van der Waals surface area contributed by atoms with E-state index in [-0.39, 0.29) is 44.3 Å². The van der Waals surface area contributed by atoms with Crippen LogP contribution in [0, 0.1) is 5.82 Å². The van der Waals surface area contributed by atoms with Crippen molar-refractivity contribution in [3.63, 3.8) is 0 Å². The van der Waals surface area contributed by atoms with Gasteiger partial charge in [0.1, 0.15) is 30.3 Å². The Bertz CT molecular complexity index is 1310. The SMILES string of the molecule is CCC1(N)COc2c1cc(C(C)(O)CCC(=O)c1ccc(OCCO)c(OC)c1)nc2-c1ccc(F)cc1. The van der Waals surface area contributed by atoms with E-state index in [1.807, 2.05) is 6.92 Å². The third-order valence-corrected chi connectivity index (χ3v) is 6.96. The molecule has 2 unspecified atom stereocenters. The third-order valence-electron chi connectivity index (χ3n) is 6.96. The second-order valence-corrected chi connectivity index (χ2v) is 9.67. The number of ether oxygens (including phenoxy) is 3. The van der Waals surface area contributed by atoms with Gasteiger partial charge in [0, 0.05) is 23.1 Å². The van der Waals surface area contributed by atoms with Crippen molar-refractivity contribution in [1.29, 1.82) is 0 Å². The summed E-state index contributed by atoms with van der Waals surface area (Å²) >= 11 is 0. The lowest BCUT2D eigenvalue weighted by molar-refractivity contribution is 0.0396. The summed E-state index contributed by atoms with van der Waals surface area (Å²) in [6, 6.07) is 12.4. The van der Waals surface area contributed by atoms with E-state index < -0.39 is 11.1 Å². The molecular weight excluding hydrogens is 491 g/mol. The Labute approximate surface area is 221 Å². The van der Waals surface area contributed by atoms with E-state index in [1.165, 1.54) is 19.2 Å². The number of Topliss-reactive ketones (excluding diaryl/α,β-unsaturated/α-hetero) is 1. The van der Waals surface area contributed by atoms with Crippen LogP contribution in [0.25, 0.3) is 11.3 Å². The molecule has 1 aliphatic rings. The van der Waals surface area contributed by atoms with Gasteiger partial charge in [-0.3, -0.25) is 4.79 Å². The smallest absolute Gasteiger partial charge is 0.163 e. The number of carbonyl (C=O) groups is 1. The van der Waals surface area contributed by atoms with Crippen LogP contribution >= 0.6 is 0 Å². The molecule has 4 N–H and O–H groups in total. The number of nitrogens with two attached hydrogens (primary N) is 1. The summed E-state index contributed by atoms with van der Waals surface area (Å²) in [5.74, 6) is 0.747. The van der Waals surface area contributed by atoms with E-state index in [2.05, 4.69) is 0 Å². The maximum Gasteiger partial charge on any atom is 0.163 e. The number of ketones is 1. The zero-order valence-electron chi connectivity index (χ0n) is 21.8. The van der Waals surface area contributed by atoms with E-state index in [0.29, 0.717) is 46.2 Å². The van der Waals surface area contributed by atoms with Gasteiger partial charge in [-0.15, -0.1) is 0 Å². The molecule has 0 spiro atoms. The molecule has 0 saturated carbocycles. The van der Waals surface area contributed by atoms with Crippen molar-refractivity contribution in [2.24, 2.45) is 5.73 Å². The molecule has 0 amide bonds. The average Bonchev–Trinajstić information content (AvgIpc) is 3.27. The van der Waals surface area contributed by atoms with Gasteiger partial charge >= 0.3 is 0 Å². The fourth-order valence-corrected chi connectivity index (χ4v) is 4.45. The minimum absolute atomic E-state index is 0.0374. The van der Waals surface area contributed by atoms with Crippen LogP contribution in [-0.2, 0) is 11.1 Å². The largest absolute Gasteiger partial charge is 0.493 e. The zero-order chi connectivity index (χ0) is 27.5. The predicted molar refractivity (Wildman–Crippen MR) is 140 cm³/mol. The number of carbonyl (C=O) groups excluding carboxylic acids is 1. The number of nitrogens with zero attached hydrogens (tertiary/aromatic N) is 1. The van der Waals surface area contributed by atoms with E-state index in [4.69, 9.17) is 30.0 Å². The van der Waals surface area contributed by atoms with Crippen molar-refractivity contribution in [3.05, 3.63) is 71.2 Å². The van der Waals surface area contributed by atoms with Crippen LogP contribution in [0.2, 0.25) is 0 Å². The van der Waals surface area contributed by atoms with E-state index in [9.17, 15) is 14.3 Å². The Morgan fingerprint density at radius 3 is 2.61 bits per heavy atom. The van der Waals surface area contributed by atoms with Crippen molar-refractivity contribution < 1.29 is 33.6 Å².